The van der Waals surface area contributed by atoms with E-state index < -0.39 is 0 Å². The highest BCUT2D eigenvalue weighted by Crippen LogP contribution is 2.27. The molecule has 2 heterocycles. The summed E-state index contributed by atoms with van der Waals surface area (Å²) in [7, 11) is 0. The van der Waals surface area contributed by atoms with E-state index in [-0.39, 0.29) is 5.95 Å². The van der Waals surface area contributed by atoms with Crippen molar-refractivity contribution in [2.45, 2.75) is 24.0 Å². The number of hydrogen-bond acceptors (Lipinski definition) is 6. The van der Waals surface area contributed by atoms with Crippen LogP contribution in [-0.2, 0) is 0 Å². The summed E-state index contributed by atoms with van der Waals surface area (Å²) in [4.78, 5) is 16.2. The predicted molar refractivity (Wildman–Crippen MR) is 85.6 cm³/mol. The van der Waals surface area contributed by atoms with Gasteiger partial charge in [0.1, 0.15) is 10.8 Å². The molecule has 0 bridgehead atoms. The first-order valence-corrected chi connectivity index (χ1v) is 7.48. The molecule has 4 N–H and O–H groups in total. The van der Waals surface area contributed by atoms with E-state index in [9.17, 15) is 0 Å². The maximum Gasteiger partial charge on any atom is 0.223 e. The maximum absolute atomic E-state index is 5.73. The second kappa shape index (κ2) is 5.61. The normalized spacial score (nSPS) is 11.0. The van der Waals surface area contributed by atoms with Crippen LogP contribution in [-0.4, -0.2) is 26.5 Å². The first-order valence-electron chi connectivity index (χ1n) is 6.66. The Balaban J connectivity index is 1.90. The quantitative estimate of drug-likeness (QED) is 0.642. The number of aryl methyl sites for hydroxylation is 1. The van der Waals surface area contributed by atoms with Crippen molar-refractivity contribution in [2.75, 3.05) is 17.6 Å². The van der Waals surface area contributed by atoms with Crippen molar-refractivity contribution in [3.8, 4) is 0 Å². The van der Waals surface area contributed by atoms with Gasteiger partial charge in [0.05, 0.1) is 11.0 Å². The zero-order valence-electron chi connectivity index (χ0n) is 11.8. The Labute approximate surface area is 126 Å². The third kappa shape index (κ3) is 3.08. The number of H-pyrrole nitrogens is 1. The molecule has 0 aliphatic rings. The van der Waals surface area contributed by atoms with E-state index in [1.165, 1.54) is 17.3 Å². The molecule has 3 aromatic rings. The fourth-order valence-electron chi connectivity index (χ4n) is 2.01. The first kappa shape index (κ1) is 13.7. The van der Waals surface area contributed by atoms with Gasteiger partial charge in [-0.2, -0.15) is 4.98 Å². The Morgan fingerprint density at radius 2 is 2.10 bits per heavy atom. The number of benzene rings is 1. The third-order valence-electron chi connectivity index (χ3n) is 2.89. The molecule has 0 aliphatic heterocycles. The summed E-state index contributed by atoms with van der Waals surface area (Å²) >= 11 is 1.44. The van der Waals surface area contributed by atoms with E-state index in [0.29, 0.717) is 0 Å². The fraction of sp³-hybridized carbons (Fsp3) is 0.214. The lowest BCUT2D eigenvalue weighted by molar-refractivity contribution is 1.02. The van der Waals surface area contributed by atoms with Crippen LogP contribution in [0, 0.1) is 6.92 Å². The highest BCUT2D eigenvalue weighted by atomic mass is 32.2. The van der Waals surface area contributed by atoms with Crippen molar-refractivity contribution in [3.05, 3.63) is 29.8 Å². The Bertz CT molecular complexity index is 782. The summed E-state index contributed by atoms with van der Waals surface area (Å²) in [5, 5.41) is 4.68. The zero-order chi connectivity index (χ0) is 14.8. The molecule has 0 spiro atoms. The molecule has 0 saturated carbocycles. The maximum atomic E-state index is 5.73. The minimum absolute atomic E-state index is 0.253. The number of hydrogen-bond donors (Lipinski definition) is 3. The van der Waals surface area contributed by atoms with Crippen LogP contribution < -0.4 is 11.1 Å². The van der Waals surface area contributed by atoms with Crippen LogP contribution in [0.4, 0.5) is 11.8 Å². The van der Waals surface area contributed by atoms with E-state index in [1.807, 2.05) is 25.1 Å². The monoisotopic (exact) mass is 300 g/mol. The topological polar surface area (TPSA) is 92.5 Å². The zero-order valence-corrected chi connectivity index (χ0v) is 12.7. The van der Waals surface area contributed by atoms with Crippen molar-refractivity contribution in [1.29, 1.82) is 0 Å². The first-order chi connectivity index (χ1) is 10.1. The standard InChI is InChI=1S/C14H16N6S/c1-3-16-11-7-12(20-13(15)19-11)21-14-17-9-5-4-8(2)6-10(9)18-14/h4-7H,3H2,1-2H3,(H,17,18)(H3,15,16,19,20). The van der Waals surface area contributed by atoms with Crippen LogP contribution in [0.15, 0.2) is 34.4 Å². The average Bonchev–Trinajstić information content (AvgIpc) is 2.79. The van der Waals surface area contributed by atoms with Crippen molar-refractivity contribution in [1.82, 2.24) is 19.9 Å². The Morgan fingerprint density at radius 3 is 2.90 bits per heavy atom. The van der Waals surface area contributed by atoms with E-state index in [0.717, 1.165) is 33.6 Å². The minimum atomic E-state index is 0.253. The Kier molecular flexibility index (Phi) is 3.66. The Hall–Kier alpha value is -2.28. The second-order valence-corrected chi connectivity index (χ2v) is 5.65. The van der Waals surface area contributed by atoms with Gasteiger partial charge >= 0.3 is 0 Å². The van der Waals surface area contributed by atoms with Gasteiger partial charge in [0.2, 0.25) is 5.95 Å². The van der Waals surface area contributed by atoms with Gasteiger partial charge in [0.25, 0.3) is 0 Å². The van der Waals surface area contributed by atoms with Crippen LogP contribution in [0.25, 0.3) is 11.0 Å². The van der Waals surface area contributed by atoms with Crippen molar-refractivity contribution in [3.63, 3.8) is 0 Å². The summed E-state index contributed by atoms with van der Waals surface area (Å²) in [6.07, 6.45) is 0. The molecular formula is C14H16N6S. The summed E-state index contributed by atoms with van der Waals surface area (Å²) in [6, 6.07) is 7.99. The smallest absolute Gasteiger partial charge is 0.223 e. The number of nitrogens with two attached hydrogens (primary N) is 1. The number of nitrogen functional groups attached to an aromatic ring is 1. The van der Waals surface area contributed by atoms with E-state index in [2.05, 4.69) is 38.2 Å². The third-order valence-corrected chi connectivity index (χ3v) is 3.70. The number of anilines is 2. The second-order valence-electron chi connectivity index (χ2n) is 4.64. The van der Waals surface area contributed by atoms with E-state index >= 15 is 0 Å². The molecule has 0 aliphatic carbocycles. The van der Waals surface area contributed by atoms with Crippen LogP contribution in [0.2, 0.25) is 0 Å². The van der Waals surface area contributed by atoms with Gasteiger partial charge in [-0.25, -0.2) is 9.97 Å². The molecule has 7 heteroatoms. The minimum Gasteiger partial charge on any atom is -0.370 e. The average molecular weight is 300 g/mol. The SMILES string of the molecule is CCNc1cc(Sc2nc3ccc(C)cc3[nH]2)nc(N)n1. The number of aromatic nitrogens is 4. The van der Waals surface area contributed by atoms with Gasteiger partial charge in [-0.15, -0.1) is 0 Å². The highest BCUT2D eigenvalue weighted by molar-refractivity contribution is 7.99. The number of imidazole rings is 1. The summed E-state index contributed by atoms with van der Waals surface area (Å²) < 4.78 is 0. The van der Waals surface area contributed by atoms with E-state index in [1.54, 1.807) is 0 Å². The molecule has 2 aromatic heterocycles. The summed E-state index contributed by atoms with van der Waals surface area (Å²) in [5.74, 6) is 0.974. The van der Waals surface area contributed by atoms with Crippen molar-refractivity contribution in [2.24, 2.45) is 0 Å². The lowest BCUT2D eigenvalue weighted by Gasteiger charge is -2.04. The molecule has 0 unspecified atom stereocenters. The van der Waals surface area contributed by atoms with Crippen molar-refractivity contribution < 1.29 is 0 Å². The summed E-state index contributed by atoms with van der Waals surface area (Å²) in [5.41, 5.74) is 8.89. The molecule has 0 fully saturated rings. The van der Waals surface area contributed by atoms with Crippen LogP contribution in [0.1, 0.15) is 12.5 Å². The van der Waals surface area contributed by atoms with Gasteiger partial charge in [-0.05, 0) is 43.3 Å². The lowest BCUT2D eigenvalue weighted by atomic mass is 10.2. The lowest BCUT2D eigenvalue weighted by Crippen LogP contribution is -2.03. The number of nitrogens with zero attached hydrogens (tertiary/aromatic N) is 3. The van der Waals surface area contributed by atoms with E-state index in [4.69, 9.17) is 5.73 Å². The van der Waals surface area contributed by atoms with Crippen LogP contribution in [0.3, 0.4) is 0 Å². The molecule has 1 aromatic carbocycles. The van der Waals surface area contributed by atoms with Gasteiger partial charge in [-0.3, -0.25) is 0 Å². The van der Waals surface area contributed by atoms with Gasteiger partial charge < -0.3 is 16.0 Å². The Morgan fingerprint density at radius 1 is 1.24 bits per heavy atom. The molecule has 6 nitrogen and oxygen atoms in total. The number of rotatable bonds is 4. The molecule has 0 radical (unpaired) electrons. The van der Waals surface area contributed by atoms with Crippen molar-refractivity contribution >= 4 is 34.6 Å². The predicted octanol–water partition coefficient (Wildman–Crippen LogP) is 2.83. The van der Waals surface area contributed by atoms with Crippen LogP contribution >= 0.6 is 11.8 Å². The molecule has 108 valence electrons. The van der Waals surface area contributed by atoms with Gasteiger partial charge in [-0.1, -0.05) is 6.07 Å². The van der Waals surface area contributed by atoms with Gasteiger partial charge in [0.15, 0.2) is 5.16 Å². The largest absolute Gasteiger partial charge is 0.370 e. The molecule has 0 amide bonds. The highest BCUT2D eigenvalue weighted by Gasteiger charge is 2.08. The van der Waals surface area contributed by atoms with Gasteiger partial charge in [0, 0.05) is 12.6 Å². The number of fused-ring (bicyclic) bond motifs is 1. The fourth-order valence-corrected chi connectivity index (χ4v) is 2.83. The molecule has 21 heavy (non-hydrogen) atoms. The molecule has 0 saturated heterocycles. The molecule has 0 atom stereocenters. The molecule has 3 rings (SSSR count). The van der Waals surface area contributed by atoms with Crippen LogP contribution in [0.5, 0.6) is 0 Å². The molecular weight excluding hydrogens is 284 g/mol. The number of nitrogens with one attached hydrogen (secondary N) is 2. The summed E-state index contributed by atoms with van der Waals surface area (Å²) in [6.45, 7) is 4.85. The number of aromatic amines is 1.